The van der Waals surface area contributed by atoms with Gasteiger partial charge in [-0.1, -0.05) is 0 Å². The number of aromatic nitrogens is 5. The van der Waals surface area contributed by atoms with Gasteiger partial charge >= 0.3 is 6.09 Å². The summed E-state index contributed by atoms with van der Waals surface area (Å²) >= 11 is 0. The van der Waals surface area contributed by atoms with Crippen LogP contribution in [0.2, 0.25) is 0 Å². The van der Waals surface area contributed by atoms with E-state index in [0.717, 1.165) is 42.6 Å². The molecule has 1 aliphatic carbocycles. The molecule has 0 N–H and O–H groups in total. The second kappa shape index (κ2) is 8.33. The molecule has 0 bridgehead atoms. The first-order valence-electron chi connectivity index (χ1n) is 11.4. The van der Waals surface area contributed by atoms with Gasteiger partial charge in [0.15, 0.2) is 0 Å². The van der Waals surface area contributed by atoms with Gasteiger partial charge in [-0.2, -0.15) is 10.2 Å². The lowest BCUT2D eigenvalue weighted by Gasteiger charge is -2.40. The van der Waals surface area contributed by atoms with Gasteiger partial charge in [0.2, 0.25) is 5.88 Å². The van der Waals surface area contributed by atoms with Crippen molar-refractivity contribution in [2.24, 2.45) is 0 Å². The number of hydrogen-bond acceptors (Lipinski definition) is 7. The molecule has 0 radical (unpaired) electrons. The summed E-state index contributed by atoms with van der Waals surface area (Å²) in [6, 6.07) is 2.23. The van der Waals surface area contributed by atoms with Crippen LogP contribution in [0, 0.1) is 0 Å². The van der Waals surface area contributed by atoms with E-state index < -0.39 is 5.60 Å². The van der Waals surface area contributed by atoms with Gasteiger partial charge in [-0.15, -0.1) is 0 Å². The van der Waals surface area contributed by atoms with Gasteiger partial charge in [0.25, 0.3) is 0 Å². The van der Waals surface area contributed by atoms with Crippen molar-refractivity contribution in [1.29, 1.82) is 0 Å². The van der Waals surface area contributed by atoms with Gasteiger partial charge in [0, 0.05) is 44.3 Å². The van der Waals surface area contributed by atoms with Gasteiger partial charge in [0.05, 0.1) is 36.9 Å². The van der Waals surface area contributed by atoms with Crippen LogP contribution in [-0.2, 0) is 9.47 Å². The van der Waals surface area contributed by atoms with Crippen LogP contribution in [0.5, 0.6) is 5.88 Å². The Labute approximate surface area is 192 Å². The van der Waals surface area contributed by atoms with Gasteiger partial charge in [-0.25, -0.2) is 14.3 Å². The summed E-state index contributed by atoms with van der Waals surface area (Å²) in [6.45, 7) is 7.05. The fourth-order valence-corrected chi connectivity index (χ4v) is 4.12. The van der Waals surface area contributed by atoms with Crippen LogP contribution in [-0.4, -0.2) is 73.4 Å². The molecule has 10 heteroatoms. The summed E-state index contributed by atoms with van der Waals surface area (Å²) in [7, 11) is 1.77. The third-order valence-corrected chi connectivity index (χ3v) is 6.11. The minimum Gasteiger partial charge on any atom is -0.473 e. The van der Waals surface area contributed by atoms with E-state index in [1.165, 1.54) is 0 Å². The molecule has 1 unspecified atom stereocenters. The SMILES string of the molecule is CN(C(=O)OC(C)(C)C)C1CC(Oc2nc(-c3cnn(C4CCOC4)c3)cn3nccc23)C1. The van der Waals surface area contributed by atoms with Crippen molar-refractivity contribution in [2.45, 2.75) is 63.8 Å². The zero-order chi connectivity index (χ0) is 23.2. The molecule has 1 saturated carbocycles. The number of carbonyl (C=O) groups is 1. The summed E-state index contributed by atoms with van der Waals surface area (Å²) < 4.78 is 20.9. The molecule has 2 fully saturated rings. The summed E-state index contributed by atoms with van der Waals surface area (Å²) in [5.41, 5.74) is 1.94. The van der Waals surface area contributed by atoms with Crippen LogP contribution in [0.4, 0.5) is 4.79 Å². The normalized spacial score (nSPS) is 22.8. The highest BCUT2D eigenvalue weighted by Gasteiger charge is 2.38. The third-order valence-electron chi connectivity index (χ3n) is 6.11. The molecule has 1 aliphatic heterocycles. The Hall–Kier alpha value is -3.14. The van der Waals surface area contributed by atoms with Crippen molar-refractivity contribution in [2.75, 3.05) is 20.3 Å². The molecule has 1 amide bonds. The maximum Gasteiger partial charge on any atom is 0.410 e. The average molecular weight is 455 g/mol. The predicted molar refractivity (Wildman–Crippen MR) is 120 cm³/mol. The Balaban J connectivity index is 1.29. The first-order valence-corrected chi connectivity index (χ1v) is 11.4. The lowest BCUT2D eigenvalue weighted by molar-refractivity contribution is -0.00936. The van der Waals surface area contributed by atoms with Crippen molar-refractivity contribution in [3.63, 3.8) is 0 Å². The van der Waals surface area contributed by atoms with Crippen molar-refractivity contribution in [1.82, 2.24) is 29.3 Å². The molecule has 1 atom stereocenters. The Kier molecular flexibility index (Phi) is 5.48. The molecule has 0 spiro atoms. The molecule has 5 rings (SSSR count). The number of amides is 1. The molecule has 3 aromatic heterocycles. The maximum absolute atomic E-state index is 12.3. The van der Waals surface area contributed by atoms with Crippen LogP contribution in [0.25, 0.3) is 16.8 Å². The van der Waals surface area contributed by atoms with Gasteiger partial charge in [-0.3, -0.25) is 4.68 Å². The van der Waals surface area contributed by atoms with E-state index in [0.29, 0.717) is 12.5 Å². The lowest BCUT2D eigenvalue weighted by atomic mass is 9.88. The van der Waals surface area contributed by atoms with E-state index in [4.69, 9.17) is 19.2 Å². The van der Waals surface area contributed by atoms with Gasteiger partial charge in [0.1, 0.15) is 17.2 Å². The molecular weight excluding hydrogens is 424 g/mol. The molecule has 0 aromatic carbocycles. The highest BCUT2D eigenvalue weighted by Crippen LogP contribution is 2.32. The largest absolute Gasteiger partial charge is 0.473 e. The Morgan fingerprint density at radius 3 is 2.79 bits per heavy atom. The summed E-state index contributed by atoms with van der Waals surface area (Å²) in [5.74, 6) is 0.533. The highest BCUT2D eigenvalue weighted by atomic mass is 16.6. The average Bonchev–Trinajstić information content (AvgIpc) is 3.48. The molecule has 2 aliphatic rings. The topological polar surface area (TPSA) is 96.0 Å². The number of hydrogen-bond donors (Lipinski definition) is 0. The first-order chi connectivity index (χ1) is 15.8. The van der Waals surface area contributed by atoms with Crippen LogP contribution in [0.3, 0.4) is 0 Å². The zero-order valence-corrected chi connectivity index (χ0v) is 19.5. The van der Waals surface area contributed by atoms with Crippen molar-refractivity contribution in [3.05, 3.63) is 30.9 Å². The number of ether oxygens (including phenoxy) is 3. The number of carbonyl (C=O) groups excluding carboxylic acids is 1. The number of rotatable bonds is 5. The van der Waals surface area contributed by atoms with E-state index in [1.807, 2.05) is 50.1 Å². The smallest absolute Gasteiger partial charge is 0.410 e. The van der Waals surface area contributed by atoms with Crippen LogP contribution >= 0.6 is 0 Å². The molecule has 176 valence electrons. The first kappa shape index (κ1) is 21.7. The van der Waals surface area contributed by atoms with E-state index in [-0.39, 0.29) is 24.3 Å². The highest BCUT2D eigenvalue weighted by molar-refractivity contribution is 5.68. The summed E-state index contributed by atoms with van der Waals surface area (Å²) in [5, 5.41) is 8.89. The molecule has 1 saturated heterocycles. The molecular formula is C23H30N6O4. The second-order valence-electron chi connectivity index (χ2n) is 9.78. The van der Waals surface area contributed by atoms with Gasteiger partial charge in [-0.05, 0) is 33.3 Å². The van der Waals surface area contributed by atoms with Crippen LogP contribution in [0.1, 0.15) is 46.1 Å². The monoisotopic (exact) mass is 454 g/mol. The van der Waals surface area contributed by atoms with E-state index in [1.54, 1.807) is 22.7 Å². The quantitative estimate of drug-likeness (QED) is 0.583. The minimum atomic E-state index is -0.512. The lowest BCUT2D eigenvalue weighted by Crippen LogP contribution is -2.51. The minimum absolute atomic E-state index is 0.0281. The summed E-state index contributed by atoms with van der Waals surface area (Å²) in [4.78, 5) is 18.8. The van der Waals surface area contributed by atoms with E-state index >= 15 is 0 Å². The van der Waals surface area contributed by atoms with Crippen molar-refractivity contribution >= 4 is 11.6 Å². The maximum atomic E-state index is 12.3. The fraction of sp³-hybridized carbons (Fsp3) is 0.565. The fourth-order valence-electron chi connectivity index (χ4n) is 4.12. The molecule has 3 aromatic rings. The predicted octanol–water partition coefficient (Wildman–Crippen LogP) is 3.33. The molecule has 4 heterocycles. The van der Waals surface area contributed by atoms with Gasteiger partial charge < -0.3 is 19.1 Å². The Morgan fingerprint density at radius 2 is 2.06 bits per heavy atom. The molecule has 10 nitrogen and oxygen atoms in total. The van der Waals surface area contributed by atoms with Crippen molar-refractivity contribution < 1.29 is 19.0 Å². The second-order valence-corrected chi connectivity index (χ2v) is 9.78. The number of fused-ring (bicyclic) bond motifs is 1. The van der Waals surface area contributed by atoms with Crippen LogP contribution < -0.4 is 4.74 Å². The Bertz CT molecular complexity index is 1140. The van der Waals surface area contributed by atoms with Crippen LogP contribution in [0.15, 0.2) is 30.9 Å². The number of nitrogens with zero attached hydrogens (tertiary/aromatic N) is 6. The van der Waals surface area contributed by atoms with E-state index in [9.17, 15) is 4.79 Å². The third kappa shape index (κ3) is 4.52. The standard InChI is InChI=1S/C23H30N6O4/c1-23(2,3)33-22(30)27(4)17-9-18(10-17)32-21-20-5-7-24-29(20)13-19(26-21)15-11-25-28(12-15)16-6-8-31-14-16/h5,7,11-13,16-18H,6,8-10,14H2,1-4H3. The zero-order valence-electron chi connectivity index (χ0n) is 19.5. The van der Waals surface area contributed by atoms with E-state index in [2.05, 4.69) is 10.2 Å². The molecule has 33 heavy (non-hydrogen) atoms. The Morgan fingerprint density at radius 1 is 1.24 bits per heavy atom. The summed E-state index contributed by atoms with van der Waals surface area (Å²) in [6.07, 6.45) is 9.49. The van der Waals surface area contributed by atoms with Crippen molar-refractivity contribution in [3.8, 4) is 17.1 Å².